The molecule has 0 spiro atoms. The van der Waals surface area contributed by atoms with Gasteiger partial charge in [-0.2, -0.15) is 0 Å². The summed E-state index contributed by atoms with van der Waals surface area (Å²) in [6.45, 7) is 3.96. The van der Waals surface area contributed by atoms with Crippen molar-refractivity contribution in [1.82, 2.24) is 9.97 Å². The molecule has 6 nitrogen and oxygen atoms in total. The Labute approximate surface area is 114 Å². The summed E-state index contributed by atoms with van der Waals surface area (Å²) in [6, 6.07) is 1.55. The van der Waals surface area contributed by atoms with Gasteiger partial charge in [0.1, 0.15) is 10.8 Å². The second-order valence-corrected chi connectivity index (χ2v) is 5.50. The van der Waals surface area contributed by atoms with Crippen LogP contribution in [0.5, 0.6) is 0 Å². The number of carbonyl (C=O) groups is 1. The Bertz CT molecular complexity index is 594. The SMILES string of the molecule is CC(C)(Nc1cc(C(N)=O)c(N)cn1)c1nccs1. The molecule has 0 aromatic carbocycles. The number of nitrogen functional groups attached to an aromatic ring is 1. The number of amides is 1. The van der Waals surface area contributed by atoms with E-state index in [-0.39, 0.29) is 11.3 Å². The van der Waals surface area contributed by atoms with Crippen LogP contribution in [0.3, 0.4) is 0 Å². The monoisotopic (exact) mass is 277 g/mol. The maximum atomic E-state index is 11.2. The number of carbonyl (C=O) groups excluding carboxylic acids is 1. The molecule has 0 saturated heterocycles. The van der Waals surface area contributed by atoms with Gasteiger partial charge in [-0.25, -0.2) is 9.97 Å². The van der Waals surface area contributed by atoms with E-state index in [0.717, 1.165) is 5.01 Å². The van der Waals surface area contributed by atoms with Crippen molar-refractivity contribution in [2.24, 2.45) is 5.73 Å². The fourth-order valence-electron chi connectivity index (χ4n) is 1.65. The molecule has 2 aromatic rings. The third kappa shape index (κ3) is 2.82. The molecular weight excluding hydrogens is 262 g/mol. The zero-order chi connectivity index (χ0) is 14.0. The van der Waals surface area contributed by atoms with Crippen LogP contribution in [0.15, 0.2) is 23.8 Å². The van der Waals surface area contributed by atoms with Crippen molar-refractivity contribution >= 4 is 28.7 Å². The van der Waals surface area contributed by atoms with Crippen molar-refractivity contribution < 1.29 is 4.79 Å². The van der Waals surface area contributed by atoms with E-state index in [1.165, 1.54) is 6.20 Å². The molecule has 0 radical (unpaired) electrons. The molecule has 0 atom stereocenters. The van der Waals surface area contributed by atoms with Crippen molar-refractivity contribution in [2.45, 2.75) is 19.4 Å². The predicted molar refractivity (Wildman–Crippen MR) is 75.9 cm³/mol. The Morgan fingerprint density at radius 1 is 1.42 bits per heavy atom. The molecule has 19 heavy (non-hydrogen) atoms. The number of hydrogen-bond acceptors (Lipinski definition) is 6. The molecule has 2 rings (SSSR count). The van der Waals surface area contributed by atoms with Gasteiger partial charge in [-0.3, -0.25) is 4.79 Å². The lowest BCUT2D eigenvalue weighted by molar-refractivity contribution is 0.100. The summed E-state index contributed by atoms with van der Waals surface area (Å²) >= 11 is 1.55. The molecule has 7 heteroatoms. The maximum Gasteiger partial charge on any atom is 0.250 e. The molecule has 2 aromatic heterocycles. The minimum atomic E-state index is -0.574. The van der Waals surface area contributed by atoms with E-state index in [1.54, 1.807) is 23.6 Å². The van der Waals surface area contributed by atoms with Crippen LogP contribution in [0.1, 0.15) is 29.2 Å². The van der Waals surface area contributed by atoms with E-state index in [2.05, 4.69) is 15.3 Å². The first kappa shape index (κ1) is 13.3. The summed E-state index contributed by atoms with van der Waals surface area (Å²) in [5.74, 6) is -0.0433. The van der Waals surface area contributed by atoms with Gasteiger partial charge in [0.15, 0.2) is 0 Å². The zero-order valence-corrected chi connectivity index (χ0v) is 11.5. The van der Waals surface area contributed by atoms with Crippen LogP contribution >= 0.6 is 11.3 Å². The van der Waals surface area contributed by atoms with Gasteiger partial charge in [-0.15, -0.1) is 11.3 Å². The Morgan fingerprint density at radius 2 is 2.16 bits per heavy atom. The maximum absolute atomic E-state index is 11.2. The van der Waals surface area contributed by atoms with Crippen molar-refractivity contribution in [3.05, 3.63) is 34.4 Å². The van der Waals surface area contributed by atoms with Gasteiger partial charge in [0.05, 0.1) is 23.0 Å². The van der Waals surface area contributed by atoms with E-state index >= 15 is 0 Å². The lowest BCUT2D eigenvalue weighted by Gasteiger charge is -2.24. The summed E-state index contributed by atoms with van der Waals surface area (Å²) in [6.07, 6.45) is 3.16. The number of primary amides is 1. The molecule has 0 saturated carbocycles. The summed E-state index contributed by atoms with van der Waals surface area (Å²) in [5, 5.41) is 6.05. The molecule has 0 fully saturated rings. The highest BCUT2D eigenvalue weighted by molar-refractivity contribution is 7.09. The number of nitrogens with two attached hydrogens (primary N) is 2. The quantitative estimate of drug-likeness (QED) is 0.786. The number of nitrogens with one attached hydrogen (secondary N) is 1. The van der Waals surface area contributed by atoms with Crippen LogP contribution in [-0.2, 0) is 5.54 Å². The van der Waals surface area contributed by atoms with Crippen LogP contribution in [-0.4, -0.2) is 15.9 Å². The van der Waals surface area contributed by atoms with Crippen molar-refractivity contribution in [3.8, 4) is 0 Å². The van der Waals surface area contributed by atoms with E-state index in [9.17, 15) is 4.79 Å². The number of hydrogen-bond donors (Lipinski definition) is 3. The largest absolute Gasteiger partial charge is 0.397 e. The highest BCUT2D eigenvalue weighted by atomic mass is 32.1. The van der Waals surface area contributed by atoms with Gasteiger partial charge in [0, 0.05) is 11.6 Å². The van der Waals surface area contributed by atoms with E-state index in [0.29, 0.717) is 5.82 Å². The predicted octanol–water partition coefficient (Wildman–Crippen LogP) is 1.57. The Balaban J connectivity index is 2.29. The second kappa shape index (κ2) is 4.85. The molecule has 0 aliphatic rings. The van der Waals surface area contributed by atoms with Gasteiger partial charge in [0.25, 0.3) is 5.91 Å². The summed E-state index contributed by atoms with van der Waals surface area (Å²) < 4.78 is 0. The fraction of sp³-hybridized carbons (Fsp3) is 0.250. The van der Waals surface area contributed by atoms with Crippen molar-refractivity contribution in [1.29, 1.82) is 0 Å². The molecule has 0 unspecified atom stereocenters. The van der Waals surface area contributed by atoms with Gasteiger partial charge < -0.3 is 16.8 Å². The molecule has 1 amide bonds. The van der Waals surface area contributed by atoms with Crippen LogP contribution in [0.2, 0.25) is 0 Å². The van der Waals surface area contributed by atoms with Gasteiger partial charge in [-0.1, -0.05) is 0 Å². The van der Waals surface area contributed by atoms with Gasteiger partial charge in [-0.05, 0) is 19.9 Å². The second-order valence-electron chi connectivity index (χ2n) is 4.61. The average Bonchev–Trinajstić information content (AvgIpc) is 2.85. The standard InChI is InChI=1S/C12H15N5OS/c1-12(2,11-15-3-4-19-11)17-9-5-7(10(14)18)8(13)6-16-9/h3-6H,13H2,1-2H3,(H2,14,18)(H,16,17). The minimum Gasteiger partial charge on any atom is -0.397 e. The fourth-order valence-corrected chi connectivity index (χ4v) is 2.37. The first-order chi connectivity index (χ1) is 8.90. The van der Waals surface area contributed by atoms with Crippen molar-refractivity contribution in [2.75, 3.05) is 11.1 Å². The van der Waals surface area contributed by atoms with Crippen LogP contribution in [0, 0.1) is 0 Å². The van der Waals surface area contributed by atoms with Gasteiger partial charge in [0.2, 0.25) is 0 Å². The highest BCUT2D eigenvalue weighted by Crippen LogP contribution is 2.27. The molecule has 2 heterocycles. The van der Waals surface area contributed by atoms with Crippen molar-refractivity contribution in [3.63, 3.8) is 0 Å². The van der Waals surface area contributed by atoms with E-state index < -0.39 is 11.4 Å². The molecule has 5 N–H and O–H groups in total. The first-order valence-corrected chi connectivity index (χ1v) is 6.51. The number of anilines is 2. The third-order valence-corrected chi connectivity index (χ3v) is 3.70. The Kier molecular flexibility index (Phi) is 3.39. The van der Waals surface area contributed by atoms with Crippen LogP contribution in [0.4, 0.5) is 11.5 Å². The van der Waals surface area contributed by atoms with Crippen LogP contribution < -0.4 is 16.8 Å². The van der Waals surface area contributed by atoms with Crippen LogP contribution in [0.25, 0.3) is 0 Å². The summed E-state index contributed by atoms with van der Waals surface area (Å²) in [4.78, 5) is 19.7. The molecule has 100 valence electrons. The highest BCUT2D eigenvalue weighted by Gasteiger charge is 2.24. The topological polar surface area (TPSA) is 107 Å². The lowest BCUT2D eigenvalue weighted by Crippen LogP contribution is -2.28. The lowest BCUT2D eigenvalue weighted by atomic mass is 10.1. The number of rotatable bonds is 4. The molecule has 0 aliphatic heterocycles. The number of aromatic nitrogens is 2. The summed E-state index contributed by atoms with van der Waals surface area (Å²) in [5.41, 5.74) is 11.0. The number of thiazole rings is 1. The zero-order valence-electron chi connectivity index (χ0n) is 10.7. The van der Waals surface area contributed by atoms with E-state index in [4.69, 9.17) is 11.5 Å². The minimum absolute atomic E-state index is 0.257. The average molecular weight is 277 g/mol. The van der Waals surface area contributed by atoms with Gasteiger partial charge >= 0.3 is 0 Å². The normalized spacial score (nSPS) is 11.3. The smallest absolute Gasteiger partial charge is 0.250 e. The molecular formula is C12H15N5OS. The number of pyridine rings is 1. The summed E-state index contributed by atoms with van der Waals surface area (Å²) in [7, 11) is 0. The van der Waals surface area contributed by atoms with E-state index in [1.807, 2.05) is 19.2 Å². The number of nitrogens with zero attached hydrogens (tertiary/aromatic N) is 2. The Hall–Kier alpha value is -2.15. The Morgan fingerprint density at radius 3 is 2.74 bits per heavy atom. The molecule has 0 aliphatic carbocycles. The molecule has 0 bridgehead atoms. The third-order valence-electron chi connectivity index (χ3n) is 2.61. The first-order valence-electron chi connectivity index (χ1n) is 5.63.